The smallest absolute Gasteiger partial charge is 0.341 e. The van der Waals surface area contributed by atoms with Crippen LogP contribution in [0.15, 0.2) is 66.7 Å². The van der Waals surface area contributed by atoms with Crippen LogP contribution in [0.5, 0.6) is 0 Å². The number of carbonyl (C=O) groups is 2. The van der Waals surface area contributed by atoms with Crippen molar-refractivity contribution in [3.8, 4) is 0 Å². The molecule has 0 saturated carbocycles. The lowest BCUT2D eigenvalue weighted by atomic mass is 9.99. The Labute approximate surface area is 179 Å². The van der Waals surface area contributed by atoms with Gasteiger partial charge >= 0.3 is 11.9 Å². The molecule has 0 aliphatic carbocycles. The Balaban J connectivity index is 1.86. The van der Waals surface area contributed by atoms with Gasteiger partial charge in [0.25, 0.3) is 0 Å². The first-order chi connectivity index (χ1) is 14.9. The lowest BCUT2D eigenvalue weighted by Gasteiger charge is -2.19. The van der Waals surface area contributed by atoms with Gasteiger partial charge in [-0.25, -0.2) is 13.6 Å². The molecule has 3 aromatic rings. The van der Waals surface area contributed by atoms with Gasteiger partial charge in [0.05, 0.1) is 18.6 Å². The molecule has 0 aliphatic heterocycles. The quantitative estimate of drug-likeness (QED) is 0.482. The van der Waals surface area contributed by atoms with Crippen LogP contribution in [-0.2, 0) is 20.7 Å². The van der Waals surface area contributed by atoms with Crippen molar-refractivity contribution >= 4 is 11.9 Å². The van der Waals surface area contributed by atoms with Gasteiger partial charge in [-0.1, -0.05) is 60.7 Å². The molecule has 0 fully saturated rings. The third kappa shape index (κ3) is 5.15. The minimum atomic E-state index is -0.954. The van der Waals surface area contributed by atoms with Gasteiger partial charge in [0.15, 0.2) is 6.10 Å². The van der Waals surface area contributed by atoms with E-state index in [1.54, 1.807) is 6.92 Å². The fourth-order valence-electron chi connectivity index (χ4n) is 3.27. The van der Waals surface area contributed by atoms with Gasteiger partial charge in [-0.15, -0.1) is 0 Å². The summed E-state index contributed by atoms with van der Waals surface area (Å²) in [4.78, 5) is 24.5. The van der Waals surface area contributed by atoms with E-state index >= 15 is 0 Å². The van der Waals surface area contributed by atoms with E-state index in [2.05, 4.69) is 0 Å². The molecule has 0 radical (unpaired) electrons. The summed E-state index contributed by atoms with van der Waals surface area (Å²) in [5.41, 5.74) is 0.720. The maximum absolute atomic E-state index is 14.7. The van der Waals surface area contributed by atoms with E-state index in [4.69, 9.17) is 9.47 Å². The predicted molar refractivity (Wildman–Crippen MR) is 112 cm³/mol. The Bertz CT molecular complexity index is 1030. The standard InChI is InChI=1S/C25H22F2O4/c1-3-30-25(29)20-14-21(26)19(16(2)23(20)27)15-22(28)31-24(17-10-6-4-7-11-17)18-12-8-5-9-13-18/h4-14,24H,3,15H2,1-2H3. The monoisotopic (exact) mass is 424 g/mol. The minimum Gasteiger partial charge on any atom is -0.462 e. The molecule has 0 atom stereocenters. The van der Waals surface area contributed by atoms with Crippen molar-refractivity contribution in [2.75, 3.05) is 6.61 Å². The highest BCUT2D eigenvalue weighted by Crippen LogP contribution is 2.28. The molecule has 0 amide bonds. The summed E-state index contributed by atoms with van der Waals surface area (Å²) < 4.78 is 39.7. The van der Waals surface area contributed by atoms with Crippen LogP contribution in [0, 0.1) is 18.6 Å². The zero-order valence-electron chi connectivity index (χ0n) is 17.2. The second kappa shape index (κ2) is 9.98. The van der Waals surface area contributed by atoms with Crippen molar-refractivity contribution in [2.45, 2.75) is 26.4 Å². The maximum Gasteiger partial charge on any atom is 0.341 e. The number of carbonyl (C=O) groups excluding carboxylic acids is 2. The number of halogens is 2. The summed E-state index contributed by atoms with van der Waals surface area (Å²) >= 11 is 0. The molecule has 0 saturated heterocycles. The number of benzene rings is 3. The number of rotatable bonds is 7. The average molecular weight is 424 g/mol. The van der Waals surface area contributed by atoms with Gasteiger partial charge in [-0.3, -0.25) is 4.79 Å². The highest BCUT2D eigenvalue weighted by Gasteiger charge is 2.25. The van der Waals surface area contributed by atoms with Crippen LogP contribution in [0.25, 0.3) is 0 Å². The van der Waals surface area contributed by atoms with E-state index in [0.717, 1.165) is 17.2 Å². The molecule has 0 heterocycles. The van der Waals surface area contributed by atoms with Gasteiger partial charge in [0.1, 0.15) is 11.6 Å². The van der Waals surface area contributed by atoms with E-state index < -0.39 is 41.7 Å². The first-order valence-electron chi connectivity index (χ1n) is 9.86. The first-order valence-corrected chi connectivity index (χ1v) is 9.86. The Hall–Kier alpha value is -3.54. The second-order valence-corrected chi connectivity index (χ2v) is 6.91. The number of hydrogen-bond acceptors (Lipinski definition) is 4. The van der Waals surface area contributed by atoms with Gasteiger partial charge < -0.3 is 9.47 Å². The van der Waals surface area contributed by atoms with Crippen LogP contribution in [0.2, 0.25) is 0 Å². The van der Waals surface area contributed by atoms with Crippen LogP contribution in [0.1, 0.15) is 45.6 Å². The van der Waals surface area contributed by atoms with E-state index in [9.17, 15) is 18.4 Å². The molecular weight excluding hydrogens is 402 g/mol. The Kier molecular flexibility index (Phi) is 7.13. The Morgan fingerprint density at radius 3 is 2.00 bits per heavy atom. The zero-order chi connectivity index (χ0) is 22.4. The Morgan fingerprint density at radius 1 is 0.935 bits per heavy atom. The summed E-state index contributed by atoms with van der Waals surface area (Å²) in [5, 5.41) is 0. The van der Waals surface area contributed by atoms with Crippen LogP contribution in [-0.4, -0.2) is 18.5 Å². The van der Waals surface area contributed by atoms with Crippen LogP contribution in [0.3, 0.4) is 0 Å². The molecule has 3 rings (SSSR count). The van der Waals surface area contributed by atoms with Crippen molar-refractivity contribution in [2.24, 2.45) is 0 Å². The summed E-state index contributed by atoms with van der Waals surface area (Å²) in [6, 6.07) is 19.1. The molecule has 0 spiro atoms. The predicted octanol–water partition coefficient (Wildman–Crippen LogP) is 5.33. The molecule has 160 valence electrons. The average Bonchev–Trinajstić information content (AvgIpc) is 2.78. The third-order valence-electron chi connectivity index (χ3n) is 4.85. The van der Waals surface area contributed by atoms with E-state index in [0.29, 0.717) is 0 Å². The molecule has 31 heavy (non-hydrogen) atoms. The molecule has 3 aromatic carbocycles. The van der Waals surface area contributed by atoms with Crippen molar-refractivity contribution < 1.29 is 27.8 Å². The van der Waals surface area contributed by atoms with E-state index in [-0.39, 0.29) is 17.7 Å². The van der Waals surface area contributed by atoms with Gasteiger partial charge in [0, 0.05) is 5.56 Å². The molecule has 6 heteroatoms. The van der Waals surface area contributed by atoms with Gasteiger partial charge in [-0.2, -0.15) is 0 Å². The minimum absolute atomic E-state index is 0.0351. The fraction of sp³-hybridized carbons (Fsp3) is 0.200. The van der Waals surface area contributed by atoms with Crippen molar-refractivity contribution in [1.82, 2.24) is 0 Å². The lowest BCUT2D eigenvalue weighted by Crippen LogP contribution is -2.17. The molecule has 0 N–H and O–H groups in total. The number of ether oxygens (including phenoxy) is 2. The highest BCUT2D eigenvalue weighted by atomic mass is 19.1. The fourth-order valence-corrected chi connectivity index (χ4v) is 3.27. The normalized spacial score (nSPS) is 10.7. The largest absolute Gasteiger partial charge is 0.462 e. The first kappa shape index (κ1) is 22.2. The summed E-state index contributed by atoms with van der Waals surface area (Å²) in [5.74, 6) is -3.45. The topological polar surface area (TPSA) is 52.6 Å². The SMILES string of the molecule is CCOC(=O)c1cc(F)c(CC(=O)OC(c2ccccc2)c2ccccc2)c(C)c1F. The second-order valence-electron chi connectivity index (χ2n) is 6.91. The summed E-state index contributed by atoms with van der Waals surface area (Å²) in [6.07, 6.45) is -1.17. The molecular formula is C25H22F2O4. The molecule has 0 unspecified atom stereocenters. The molecule has 0 aromatic heterocycles. The summed E-state index contributed by atoms with van der Waals surface area (Å²) in [7, 11) is 0. The number of hydrogen-bond donors (Lipinski definition) is 0. The van der Waals surface area contributed by atoms with Gasteiger partial charge in [0.2, 0.25) is 0 Å². The van der Waals surface area contributed by atoms with Gasteiger partial charge in [-0.05, 0) is 36.6 Å². The number of esters is 2. The van der Waals surface area contributed by atoms with Crippen molar-refractivity contribution in [3.63, 3.8) is 0 Å². The van der Waals surface area contributed by atoms with Crippen molar-refractivity contribution in [3.05, 3.63) is 106 Å². The highest BCUT2D eigenvalue weighted by molar-refractivity contribution is 5.90. The third-order valence-corrected chi connectivity index (χ3v) is 4.85. The molecule has 0 aliphatic rings. The zero-order valence-corrected chi connectivity index (χ0v) is 17.2. The van der Waals surface area contributed by atoms with Crippen molar-refractivity contribution in [1.29, 1.82) is 0 Å². The maximum atomic E-state index is 14.7. The molecule has 4 nitrogen and oxygen atoms in total. The van der Waals surface area contributed by atoms with E-state index in [1.807, 2.05) is 60.7 Å². The summed E-state index contributed by atoms with van der Waals surface area (Å²) in [6.45, 7) is 2.92. The Morgan fingerprint density at radius 2 is 1.48 bits per heavy atom. The van der Waals surface area contributed by atoms with Crippen LogP contribution in [0.4, 0.5) is 8.78 Å². The van der Waals surface area contributed by atoms with E-state index in [1.165, 1.54) is 6.92 Å². The van der Waals surface area contributed by atoms with Crippen LogP contribution >= 0.6 is 0 Å². The molecule has 0 bridgehead atoms. The lowest BCUT2D eigenvalue weighted by molar-refractivity contribution is -0.146. The van der Waals surface area contributed by atoms with Crippen LogP contribution < -0.4 is 0 Å².